The van der Waals surface area contributed by atoms with E-state index in [4.69, 9.17) is 10.5 Å². The SMILES string of the molecule is CCOC(=O)c1nnn(CC(C)C(N)=O)c1-c1cccs1. The van der Waals surface area contributed by atoms with Crippen LogP contribution in [0.4, 0.5) is 0 Å². The zero-order valence-corrected chi connectivity index (χ0v) is 12.6. The molecule has 2 N–H and O–H groups in total. The van der Waals surface area contributed by atoms with E-state index in [0.717, 1.165) is 4.88 Å². The van der Waals surface area contributed by atoms with Crippen molar-refractivity contribution in [3.05, 3.63) is 23.2 Å². The lowest BCUT2D eigenvalue weighted by atomic mass is 10.1. The van der Waals surface area contributed by atoms with Crippen molar-refractivity contribution in [3.63, 3.8) is 0 Å². The molecule has 0 saturated carbocycles. The van der Waals surface area contributed by atoms with Crippen molar-refractivity contribution in [2.75, 3.05) is 6.61 Å². The van der Waals surface area contributed by atoms with Crippen LogP contribution in [0.1, 0.15) is 24.3 Å². The van der Waals surface area contributed by atoms with Crippen LogP contribution in [-0.4, -0.2) is 33.5 Å². The first-order chi connectivity index (χ1) is 10.0. The monoisotopic (exact) mass is 308 g/mol. The maximum absolute atomic E-state index is 12.0. The van der Waals surface area contributed by atoms with E-state index in [0.29, 0.717) is 5.69 Å². The summed E-state index contributed by atoms with van der Waals surface area (Å²) >= 11 is 1.46. The fraction of sp³-hybridized carbons (Fsp3) is 0.385. The van der Waals surface area contributed by atoms with Crippen molar-refractivity contribution in [3.8, 4) is 10.6 Å². The zero-order valence-electron chi connectivity index (χ0n) is 11.8. The van der Waals surface area contributed by atoms with Crippen LogP contribution in [-0.2, 0) is 16.1 Å². The normalized spacial score (nSPS) is 12.1. The lowest BCUT2D eigenvalue weighted by molar-refractivity contribution is -0.121. The van der Waals surface area contributed by atoms with Gasteiger partial charge in [0.2, 0.25) is 5.91 Å². The molecule has 0 aromatic carbocycles. The number of thiophene rings is 1. The molecule has 8 heteroatoms. The van der Waals surface area contributed by atoms with Crippen LogP contribution >= 0.6 is 11.3 Å². The van der Waals surface area contributed by atoms with Crippen LogP contribution in [0, 0.1) is 5.92 Å². The van der Waals surface area contributed by atoms with E-state index in [2.05, 4.69) is 10.3 Å². The molecule has 0 aliphatic rings. The third-order valence-electron chi connectivity index (χ3n) is 2.89. The van der Waals surface area contributed by atoms with Crippen LogP contribution < -0.4 is 5.73 Å². The summed E-state index contributed by atoms with van der Waals surface area (Å²) in [5.41, 5.74) is 5.98. The van der Waals surface area contributed by atoms with Crippen molar-refractivity contribution >= 4 is 23.2 Å². The second-order valence-corrected chi connectivity index (χ2v) is 5.42. The van der Waals surface area contributed by atoms with Crippen LogP contribution in [0.3, 0.4) is 0 Å². The number of hydrogen-bond acceptors (Lipinski definition) is 6. The number of amides is 1. The molecular formula is C13H16N4O3S. The summed E-state index contributed by atoms with van der Waals surface area (Å²) in [4.78, 5) is 24.0. The maximum Gasteiger partial charge on any atom is 0.361 e. The van der Waals surface area contributed by atoms with E-state index in [9.17, 15) is 9.59 Å². The second kappa shape index (κ2) is 6.49. The Bertz CT molecular complexity index is 636. The van der Waals surface area contributed by atoms with E-state index >= 15 is 0 Å². The number of hydrogen-bond donors (Lipinski definition) is 1. The molecule has 112 valence electrons. The third-order valence-corrected chi connectivity index (χ3v) is 3.77. The highest BCUT2D eigenvalue weighted by Gasteiger charge is 2.24. The first kappa shape index (κ1) is 15.2. The Morgan fingerprint density at radius 3 is 2.86 bits per heavy atom. The first-order valence-corrected chi connectivity index (χ1v) is 7.36. The average Bonchev–Trinajstić information content (AvgIpc) is 3.07. The molecule has 1 amide bonds. The number of carbonyl (C=O) groups excluding carboxylic acids is 2. The summed E-state index contributed by atoms with van der Waals surface area (Å²) in [5.74, 6) is -1.38. The standard InChI is InChI=1S/C13H16N4O3S/c1-3-20-13(19)10-11(9-5-4-6-21-9)17(16-15-10)7-8(2)12(14)18/h4-6,8H,3,7H2,1-2H3,(H2,14,18). The number of nitrogens with two attached hydrogens (primary N) is 1. The molecule has 2 aromatic rings. The van der Waals surface area contributed by atoms with Gasteiger partial charge in [0.1, 0.15) is 5.69 Å². The molecule has 0 fully saturated rings. The number of nitrogens with zero attached hydrogens (tertiary/aromatic N) is 3. The van der Waals surface area contributed by atoms with Crippen LogP contribution in [0.25, 0.3) is 10.6 Å². The van der Waals surface area contributed by atoms with Gasteiger partial charge in [-0.3, -0.25) is 4.79 Å². The highest BCUT2D eigenvalue weighted by molar-refractivity contribution is 7.13. The number of rotatable bonds is 6. The summed E-state index contributed by atoms with van der Waals surface area (Å²) in [6.07, 6.45) is 0. The average molecular weight is 308 g/mol. The highest BCUT2D eigenvalue weighted by atomic mass is 32.1. The number of esters is 1. The van der Waals surface area contributed by atoms with Crippen molar-refractivity contribution in [2.24, 2.45) is 11.7 Å². The lowest BCUT2D eigenvalue weighted by Crippen LogP contribution is -2.25. The first-order valence-electron chi connectivity index (χ1n) is 6.48. The molecule has 0 radical (unpaired) electrons. The van der Waals surface area contributed by atoms with Gasteiger partial charge in [0.15, 0.2) is 5.69 Å². The lowest BCUT2D eigenvalue weighted by Gasteiger charge is -2.09. The van der Waals surface area contributed by atoms with Gasteiger partial charge in [-0.15, -0.1) is 16.4 Å². The van der Waals surface area contributed by atoms with Gasteiger partial charge in [0.05, 0.1) is 23.9 Å². The van der Waals surface area contributed by atoms with Gasteiger partial charge in [-0.1, -0.05) is 18.2 Å². The molecule has 0 aliphatic heterocycles. The van der Waals surface area contributed by atoms with E-state index in [1.165, 1.54) is 16.0 Å². The summed E-state index contributed by atoms with van der Waals surface area (Å²) in [6.45, 7) is 3.94. The Kier molecular flexibility index (Phi) is 4.69. The van der Waals surface area contributed by atoms with Gasteiger partial charge in [-0.25, -0.2) is 9.48 Å². The Balaban J connectivity index is 2.42. The Labute approximate surface area is 125 Å². The fourth-order valence-corrected chi connectivity index (χ4v) is 2.56. The largest absolute Gasteiger partial charge is 0.461 e. The maximum atomic E-state index is 12.0. The second-order valence-electron chi connectivity index (χ2n) is 4.47. The van der Waals surface area contributed by atoms with Crippen LogP contribution in [0.5, 0.6) is 0 Å². The van der Waals surface area contributed by atoms with Gasteiger partial charge in [0, 0.05) is 0 Å². The fourth-order valence-electron chi connectivity index (χ4n) is 1.78. The Morgan fingerprint density at radius 1 is 1.52 bits per heavy atom. The molecule has 1 atom stereocenters. The molecule has 2 aromatic heterocycles. The predicted molar refractivity (Wildman–Crippen MR) is 77.6 cm³/mol. The van der Waals surface area contributed by atoms with E-state index in [1.54, 1.807) is 13.8 Å². The van der Waals surface area contributed by atoms with E-state index < -0.39 is 17.8 Å². The minimum Gasteiger partial charge on any atom is -0.461 e. The summed E-state index contributed by atoms with van der Waals surface area (Å²) < 4.78 is 6.51. The van der Waals surface area contributed by atoms with Crippen LogP contribution in [0.15, 0.2) is 17.5 Å². The minimum atomic E-state index is -0.529. The zero-order chi connectivity index (χ0) is 15.4. The molecule has 0 aliphatic carbocycles. The molecule has 2 rings (SSSR count). The molecular weight excluding hydrogens is 292 g/mol. The van der Waals surface area contributed by atoms with Gasteiger partial charge in [-0.05, 0) is 18.4 Å². The number of carbonyl (C=O) groups is 2. The number of ether oxygens (including phenoxy) is 1. The number of primary amides is 1. The molecule has 0 bridgehead atoms. The molecule has 0 saturated heterocycles. The summed E-state index contributed by atoms with van der Waals surface area (Å²) in [5, 5.41) is 9.75. The highest BCUT2D eigenvalue weighted by Crippen LogP contribution is 2.28. The van der Waals surface area contributed by atoms with E-state index in [1.807, 2.05) is 17.5 Å². The predicted octanol–water partition coefficient (Wildman–Crippen LogP) is 1.30. The summed E-state index contributed by atoms with van der Waals surface area (Å²) in [7, 11) is 0. The molecule has 2 heterocycles. The molecule has 7 nitrogen and oxygen atoms in total. The quantitative estimate of drug-likeness (QED) is 0.811. The molecule has 0 spiro atoms. The van der Waals surface area contributed by atoms with Crippen LogP contribution in [0.2, 0.25) is 0 Å². The van der Waals surface area contributed by atoms with Crippen molar-refractivity contribution in [1.82, 2.24) is 15.0 Å². The third kappa shape index (κ3) is 3.27. The smallest absolute Gasteiger partial charge is 0.361 e. The molecule has 1 unspecified atom stereocenters. The van der Waals surface area contributed by atoms with Gasteiger partial charge in [0.25, 0.3) is 0 Å². The Morgan fingerprint density at radius 2 is 2.29 bits per heavy atom. The van der Waals surface area contributed by atoms with Crippen molar-refractivity contribution in [1.29, 1.82) is 0 Å². The topological polar surface area (TPSA) is 100 Å². The minimum absolute atomic E-state index is 0.149. The Hall–Kier alpha value is -2.22. The molecule has 21 heavy (non-hydrogen) atoms. The van der Waals surface area contributed by atoms with Gasteiger partial charge < -0.3 is 10.5 Å². The van der Waals surface area contributed by atoms with Crippen molar-refractivity contribution in [2.45, 2.75) is 20.4 Å². The van der Waals surface area contributed by atoms with E-state index in [-0.39, 0.29) is 18.8 Å². The van der Waals surface area contributed by atoms with Crippen molar-refractivity contribution < 1.29 is 14.3 Å². The number of aromatic nitrogens is 3. The summed E-state index contributed by atoms with van der Waals surface area (Å²) in [6, 6.07) is 3.72. The van der Waals surface area contributed by atoms with Gasteiger partial charge in [-0.2, -0.15) is 0 Å². The van der Waals surface area contributed by atoms with Gasteiger partial charge >= 0.3 is 5.97 Å².